The van der Waals surface area contributed by atoms with Crippen LogP contribution in [0.1, 0.15) is 56.2 Å². The van der Waals surface area contributed by atoms with Crippen LogP contribution < -0.4 is 5.32 Å². The minimum absolute atomic E-state index is 0. The topological polar surface area (TPSA) is 49.3 Å². The van der Waals surface area contributed by atoms with Crippen LogP contribution in [-0.2, 0) is 9.47 Å². The van der Waals surface area contributed by atoms with Crippen LogP contribution in [0.5, 0.6) is 0 Å². The van der Waals surface area contributed by atoms with Gasteiger partial charge in [0.05, 0.1) is 18.7 Å². The molecule has 182 valence electrons. The van der Waals surface area contributed by atoms with Gasteiger partial charge in [-0.25, -0.2) is 0 Å². The number of guanidine groups is 1. The highest BCUT2D eigenvalue weighted by Gasteiger charge is 2.25. The summed E-state index contributed by atoms with van der Waals surface area (Å²) >= 11 is 0. The fourth-order valence-electron chi connectivity index (χ4n) is 4.56. The first-order valence-electron chi connectivity index (χ1n) is 12.2. The van der Waals surface area contributed by atoms with E-state index in [0.29, 0.717) is 12.1 Å². The molecular formula is C25H43IN4O2. The molecular weight excluding hydrogens is 515 g/mol. The molecule has 2 aliphatic rings. The third-order valence-corrected chi connectivity index (χ3v) is 6.38. The summed E-state index contributed by atoms with van der Waals surface area (Å²) in [6, 6.07) is 9.38. The Bertz CT molecular complexity index is 656. The molecule has 1 aromatic carbocycles. The van der Waals surface area contributed by atoms with E-state index in [1.165, 1.54) is 37.1 Å². The molecule has 1 N–H and O–H groups in total. The van der Waals surface area contributed by atoms with E-state index < -0.39 is 0 Å². The number of methoxy groups -OCH3 is 1. The molecule has 2 fully saturated rings. The lowest BCUT2D eigenvalue weighted by atomic mass is 10.0. The van der Waals surface area contributed by atoms with Gasteiger partial charge in [0.1, 0.15) is 0 Å². The third-order valence-electron chi connectivity index (χ3n) is 6.38. The minimum atomic E-state index is 0. The Balaban J connectivity index is 0.00000363. The second-order valence-electron chi connectivity index (χ2n) is 8.77. The molecule has 7 heteroatoms. The van der Waals surface area contributed by atoms with E-state index in [-0.39, 0.29) is 24.0 Å². The fourth-order valence-corrected chi connectivity index (χ4v) is 4.56. The van der Waals surface area contributed by atoms with Gasteiger partial charge in [0, 0.05) is 40.0 Å². The van der Waals surface area contributed by atoms with Gasteiger partial charge in [-0.05, 0) is 64.6 Å². The molecule has 0 saturated carbocycles. The number of aliphatic imine (C=N–C) groups is 1. The molecule has 0 bridgehead atoms. The van der Waals surface area contributed by atoms with Gasteiger partial charge >= 0.3 is 0 Å². The van der Waals surface area contributed by atoms with Gasteiger partial charge in [-0.1, -0.05) is 29.8 Å². The second kappa shape index (κ2) is 15.1. The Morgan fingerprint density at radius 3 is 2.41 bits per heavy atom. The molecule has 3 rings (SSSR count). The predicted molar refractivity (Wildman–Crippen MR) is 143 cm³/mol. The number of piperidine rings is 1. The number of likely N-dealkylation sites (tertiary alicyclic amines) is 2. The zero-order valence-electron chi connectivity index (χ0n) is 20.2. The van der Waals surface area contributed by atoms with Crippen molar-refractivity contribution in [1.29, 1.82) is 0 Å². The maximum absolute atomic E-state index is 6.03. The smallest absolute Gasteiger partial charge is 0.193 e. The van der Waals surface area contributed by atoms with E-state index in [2.05, 4.69) is 53.2 Å². The maximum Gasteiger partial charge on any atom is 0.193 e. The van der Waals surface area contributed by atoms with Gasteiger partial charge < -0.3 is 19.7 Å². The predicted octanol–water partition coefficient (Wildman–Crippen LogP) is 4.23. The number of hydrogen-bond acceptors (Lipinski definition) is 4. The van der Waals surface area contributed by atoms with Crippen molar-refractivity contribution >= 4 is 29.9 Å². The van der Waals surface area contributed by atoms with Crippen molar-refractivity contribution in [2.75, 3.05) is 59.6 Å². The molecule has 2 aliphatic heterocycles. The molecule has 0 amide bonds. The summed E-state index contributed by atoms with van der Waals surface area (Å²) in [5.41, 5.74) is 2.70. The highest BCUT2D eigenvalue weighted by atomic mass is 127. The van der Waals surface area contributed by atoms with Crippen LogP contribution in [0.25, 0.3) is 0 Å². The van der Waals surface area contributed by atoms with Crippen molar-refractivity contribution in [2.24, 2.45) is 4.99 Å². The Labute approximate surface area is 212 Å². The summed E-state index contributed by atoms with van der Waals surface area (Å²) < 4.78 is 11.1. The second-order valence-corrected chi connectivity index (χ2v) is 8.77. The molecule has 1 atom stereocenters. The monoisotopic (exact) mass is 558 g/mol. The highest BCUT2D eigenvalue weighted by molar-refractivity contribution is 14.0. The van der Waals surface area contributed by atoms with Crippen molar-refractivity contribution in [1.82, 2.24) is 15.1 Å². The van der Waals surface area contributed by atoms with Crippen molar-refractivity contribution in [3.05, 3.63) is 35.4 Å². The first-order chi connectivity index (χ1) is 15.2. The lowest BCUT2D eigenvalue weighted by Gasteiger charge is -2.35. The number of nitrogens with zero attached hydrogens (tertiary/aromatic N) is 3. The van der Waals surface area contributed by atoms with Crippen LogP contribution in [0.2, 0.25) is 0 Å². The van der Waals surface area contributed by atoms with Crippen molar-refractivity contribution in [2.45, 2.75) is 58.1 Å². The number of aryl methyl sites for hydroxylation is 1. The maximum atomic E-state index is 6.03. The molecule has 0 aliphatic carbocycles. The largest absolute Gasteiger partial charge is 0.385 e. The molecule has 6 nitrogen and oxygen atoms in total. The van der Waals surface area contributed by atoms with Gasteiger partial charge in [-0.15, -0.1) is 24.0 Å². The molecule has 1 unspecified atom stereocenters. The van der Waals surface area contributed by atoms with Gasteiger partial charge in [0.2, 0.25) is 0 Å². The van der Waals surface area contributed by atoms with Crippen molar-refractivity contribution in [3.63, 3.8) is 0 Å². The van der Waals surface area contributed by atoms with Crippen LogP contribution in [0.15, 0.2) is 29.3 Å². The molecule has 0 spiro atoms. The summed E-state index contributed by atoms with van der Waals surface area (Å²) in [4.78, 5) is 10.1. The number of rotatable bonds is 10. The Morgan fingerprint density at radius 2 is 1.78 bits per heavy atom. The van der Waals surface area contributed by atoms with E-state index in [4.69, 9.17) is 14.5 Å². The summed E-state index contributed by atoms with van der Waals surface area (Å²) in [5, 5.41) is 3.53. The average Bonchev–Trinajstić information content (AvgIpc) is 3.32. The average molecular weight is 559 g/mol. The molecule has 2 heterocycles. The van der Waals surface area contributed by atoms with E-state index >= 15 is 0 Å². The zero-order chi connectivity index (χ0) is 21.9. The molecule has 2 saturated heterocycles. The van der Waals surface area contributed by atoms with Gasteiger partial charge in [-0.2, -0.15) is 0 Å². The van der Waals surface area contributed by atoms with E-state index in [1.54, 1.807) is 7.11 Å². The van der Waals surface area contributed by atoms with E-state index in [1.807, 2.05) is 0 Å². The lowest BCUT2D eigenvalue weighted by molar-refractivity contribution is 0.00989. The first kappa shape index (κ1) is 27.3. The molecule has 0 aromatic heterocycles. The molecule has 32 heavy (non-hydrogen) atoms. The van der Waals surface area contributed by atoms with Crippen LogP contribution in [0.3, 0.4) is 0 Å². The van der Waals surface area contributed by atoms with Gasteiger partial charge in [-0.3, -0.25) is 9.89 Å². The van der Waals surface area contributed by atoms with Crippen LogP contribution in [0, 0.1) is 6.92 Å². The van der Waals surface area contributed by atoms with E-state index in [0.717, 1.165) is 64.6 Å². The summed E-state index contributed by atoms with van der Waals surface area (Å²) in [6.45, 7) is 11.9. The summed E-state index contributed by atoms with van der Waals surface area (Å²) in [5.74, 6) is 1.05. The zero-order valence-corrected chi connectivity index (χ0v) is 22.6. The Hall–Kier alpha value is -0.900. The quantitative estimate of drug-likeness (QED) is 0.202. The number of nitrogens with one attached hydrogen (secondary N) is 1. The normalized spacial score (nSPS) is 19.1. The van der Waals surface area contributed by atoms with Crippen molar-refractivity contribution in [3.8, 4) is 0 Å². The standard InChI is InChI=1S/C25H42N4O2.HI/c1-4-26-25(29-16-12-23(13-17-29)31-19-7-18-30-3)27-20-24(28-14-5-6-15-28)22-10-8-21(2)9-11-22;/h8-11,23-24H,4-7,12-20H2,1-3H3,(H,26,27);1H. The first-order valence-corrected chi connectivity index (χ1v) is 12.2. The number of ether oxygens (including phenoxy) is 2. The number of hydrogen-bond donors (Lipinski definition) is 1. The Morgan fingerprint density at radius 1 is 1.09 bits per heavy atom. The third kappa shape index (κ3) is 8.47. The molecule has 1 aromatic rings. The van der Waals surface area contributed by atoms with E-state index in [9.17, 15) is 0 Å². The SMILES string of the molecule is CCNC(=NCC(c1ccc(C)cc1)N1CCCC1)N1CCC(OCCCOC)CC1.I. The Kier molecular flexibility index (Phi) is 12.9. The van der Waals surface area contributed by atoms with Gasteiger partial charge in [0.25, 0.3) is 0 Å². The van der Waals surface area contributed by atoms with Crippen molar-refractivity contribution < 1.29 is 9.47 Å². The fraction of sp³-hybridized carbons (Fsp3) is 0.720. The number of benzene rings is 1. The van der Waals surface area contributed by atoms with Gasteiger partial charge in [0.15, 0.2) is 5.96 Å². The lowest BCUT2D eigenvalue weighted by Crippen LogP contribution is -2.47. The summed E-state index contributed by atoms with van der Waals surface area (Å²) in [6.07, 6.45) is 6.04. The van der Waals surface area contributed by atoms with Crippen LogP contribution in [-0.4, -0.2) is 81.5 Å². The number of halogens is 1. The highest BCUT2D eigenvalue weighted by Crippen LogP contribution is 2.26. The van der Waals surface area contributed by atoms with Crippen LogP contribution in [0.4, 0.5) is 0 Å². The molecule has 0 radical (unpaired) electrons. The minimum Gasteiger partial charge on any atom is -0.385 e. The van der Waals surface area contributed by atoms with Crippen LogP contribution >= 0.6 is 24.0 Å². The summed E-state index contributed by atoms with van der Waals surface area (Å²) in [7, 11) is 1.74.